The Morgan fingerprint density at radius 2 is 2.21 bits per heavy atom. The average molecular weight is 203 g/mol. The summed E-state index contributed by atoms with van der Waals surface area (Å²) in [6, 6.07) is 1.25. The van der Waals surface area contributed by atoms with Crippen LogP contribution in [0.25, 0.3) is 0 Å². The van der Waals surface area contributed by atoms with Crippen LogP contribution in [0.5, 0.6) is 5.75 Å². The van der Waals surface area contributed by atoms with E-state index >= 15 is 0 Å². The second-order valence-corrected chi connectivity index (χ2v) is 2.80. The van der Waals surface area contributed by atoms with E-state index in [9.17, 15) is 8.78 Å². The third kappa shape index (κ3) is 1.98. The summed E-state index contributed by atoms with van der Waals surface area (Å²) in [5.41, 5.74) is 0.344. The van der Waals surface area contributed by atoms with E-state index in [2.05, 4.69) is 4.98 Å². The van der Waals surface area contributed by atoms with E-state index in [0.717, 1.165) is 0 Å². The summed E-state index contributed by atoms with van der Waals surface area (Å²) in [7, 11) is 1.41. The number of pyridine rings is 1. The fraction of sp³-hybridized carbons (Fsp3) is 0.444. The van der Waals surface area contributed by atoms with Crippen LogP contribution in [0.2, 0.25) is 0 Å². The molecule has 0 saturated carbocycles. The highest BCUT2D eigenvalue weighted by Crippen LogP contribution is 2.26. The summed E-state index contributed by atoms with van der Waals surface area (Å²) in [5, 5.41) is 8.89. The van der Waals surface area contributed by atoms with E-state index in [1.54, 1.807) is 6.92 Å². The summed E-state index contributed by atoms with van der Waals surface area (Å²) in [6.45, 7) is 1.22. The molecule has 1 rings (SSSR count). The second-order valence-electron chi connectivity index (χ2n) is 2.80. The smallest absolute Gasteiger partial charge is 0.280 e. The Labute approximate surface area is 80.3 Å². The zero-order valence-electron chi connectivity index (χ0n) is 7.92. The van der Waals surface area contributed by atoms with Crippen molar-refractivity contribution in [1.29, 1.82) is 0 Å². The topological polar surface area (TPSA) is 42.4 Å². The van der Waals surface area contributed by atoms with Gasteiger partial charge in [-0.3, -0.25) is 0 Å². The first kappa shape index (κ1) is 10.8. The summed E-state index contributed by atoms with van der Waals surface area (Å²) in [4.78, 5) is 3.60. The van der Waals surface area contributed by atoms with Crippen LogP contribution in [0.1, 0.15) is 23.4 Å². The quantitative estimate of drug-likeness (QED) is 0.814. The van der Waals surface area contributed by atoms with Crippen LogP contribution in [0.15, 0.2) is 6.07 Å². The Hall–Kier alpha value is -1.23. The third-order valence-corrected chi connectivity index (χ3v) is 1.83. The molecule has 0 spiro atoms. The molecule has 1 aromatic heterocycles. The maximum absolute atomic E-state index is 12.3. The standard InChI is InChI=1S/C9H11F2NO2/c1-5-3-6(9(10)11)12-7(4-13)8(5)14-2/h3,9,13H,4H2,1-2H3. The van der Waals surface area contributed by atoms with Gasteiger partial charge in [0.15, 0.2) is 0 Å². The van der Waals surface area contributed by atoms with Crippen molar-refractivity contribution in [3.63, 3.8) is 0 Å². The predicted octanol–water partition coefficient (Wildman–Crippen LogP) is 1.83. The van der Waals surface area contributed by atoms with Crippen molar-refractivity contribution in [2.45, 2.75) is 20.0 Å². The molecule has 0 aliphatic rings. The average Bonchev–Trinajstić information content (AvgIpc) is 2.16. The highest BCUT2D eigenvalue weighted by Gasteiger charge is 2.15. The van der Waals surface area contributed by atoms with Crippen LogP contribution in [0, 0.1) is 6.92 Å². The minimum Gasteiger partial charge on any atom is -0.494 e. The van der Waals surface area contributed by atoms with Gasteiger partial charge in [0, 0.05) is 0 Å². The molecule has 3 nitrogen and oxygen atoms in total. The summed E-state index contributed by atoms with van der Waals surface area (Å²) >= 11 is 0. The molecule has 14 heavy (non-hydrogen) atoms. The van der Waals surface area contributed by atoms with E-state index < -0.39 is 13.0 Å². The maximum Gasteiger partial charge on any atom is 0.280 e. The lowest BCUT2D eigenvalue weighted by Crippen LogP contribution is -2.02. The van der Waals surface area contributed by atoms with Gasteiger partial charge in [-0.2, -0.15) is 0 Å². The fourth-order valence-corrected chi connectivity index (χ4v) is 1.25. The second kappa shape index (κ2) is 4.32. The lowest BCUT2D eigenvalue weighted by atomic mass is 10.2. The van der Waals surface area contributed by atoms with Gasteiger partial charge < -0.3 is 9.84 Å². The van der Waals surface area contributed by atoms with Gasteiger partial charge in [-0.15, -0.1) is 0 Å². The molecule has 78 valence electrons. The molecule has 0 fully saturated rings. The van der Waals surface area contributed by atoms with Gasteiger partial charge in [0.25, 0.3) is 6.43 Å². The molecule has 1 heterocycles. The molecule has 1 N–H and O–H groups in total. The monoisotopic (exact) mass is 203 g/mol. The number of hydrogen-bond donors (Lipinski definition) is 1. The van der Waals surface area contributed by atoms with Crippen molar-refractivity contribution in [3.05, 3.63) is 23.0 Å². The Kier molecular flexibility index (Phi) is 3.35. The molecule has 1 aromatic rings. The normalized spacial score (nSPS) is 10.7. The minimum absolute atomic E-state index is 0.141. The van der Waals surface area contributed by atoms with Crippen LogP contribution in [0.3, 0.4) is 0 Å². The molecule has 0 amide bonds. The molecular formula is C9H11F2NO2. The SMILES string of the molecule is COc1c(C)cc(C(F)F)nc1CO. The zero-order valence-corrected chi connectivity index (χ0v) is 7.92. The van der Waals surface area contributed by atoms with Crippen LogP contribution in [0.4, 0.5) is 8.78 Å². The molecule has 0 aliphatic carbocycles. The number of aromatic nitrogens is 1. The summed E-state index contributed by atoms with van der Waals surface area (Å²) in [5.74, 6) is 0.358. The van der Waals surface area contributed by atoms with E-state index in [0.29, 0.717) is 11.3 Å². The first-order valence-electron chi connectivity index (χ1n) is 4.03. The minimum atomic E-state index is -2.63. The van der Waals surface area contributed by atoms with Crippen LogP contribution in [-0.4, -0.2) is 17.2 Å². The number of methoxy groups -OCH3 is 1. The van der Waals surface area contributed by atoms with Gasteiger partial charge >= 0.3 is 0 Å². The van der Waals surface area contributed by atoms with Crippen molar-refractivity contribution >= 4 is 0 Å². The number of nitrogens with zero attached hydrogens (tertiary/aromatic N) is 1. The fourth-order valence-electron chi connectivity index (χ4n) is 1.25. The number of alkyl halides is 2. The molecule has 0 aromatic carbocycles. The molecule has 0 aliphatic heterocycles. The number of aliphatic hydroxyl groups excluding tert-OH is 1. The highest BCUT2D eigenvalue weighted by molar-refractivity contribution is 5.38. The molecule has 5 heteroatoms. The molecule has 0 radical (unpaired) electrons. The van der Waals surface area contributed by atoms with Crippen molar-refractivity contribution < 1.29 is 18.6 Å². The molecular weight excluding hydrogens is 192 g/mol. The molecule has 0 atom stereocenters. The van der Waals surface area contributed by atoms with Gasteiger partial charge in [0.2, 0.25) is 0 Å². The van der Waals surface area contributed by atoms with Crippen molar-refractivity contribution in [3.8, 4) is 5.75 Å². The van der Waals surface area contributed by atoms with Gasteiger partial charge in [0.1, 0.15) is 17.1 Å². The van der Waals surface area contributed by atoms with Gasteiger partial charge in [-0.05, 0) is 18.6 Å². The lowest BCUT2D eigenvalue weighted by Gasteiger charge is -2.10. The van der Waals surface area contributed by atoms with E-state index in [1.807, 2.05) is 0 Å². The molecule has 0 unspecified atom stereocenters. The van der Waals surface area contributed by atoms with Crippen molar-refractivity contribution in [2.24, 2.45) is 0 Å². The zero-order chi connectivity index (χ0) is 10.7. The third-order valence-electron chi connectivity index (χ3n) is 1.83. The van der Waals surface area contributed by atoms with Crippen LogP contribution in [-0.2, 0) is 6.61 Å². The number of hydrogen-bond acceptors (Lipinski definition) is 3. The van der Waals surface area contributed by atoms with Gasteiger partial charge in [-0.25, -0.2) is 13.8 Å². The Bertz CT molecular complexity index is 329. The van der Waals surface area contributed by atoms with E-state index in [4.69, 9.17) is 9.84 Å². The predicted molar refractivity (Wildman–Crippen MR) is 46.4 cm³/mol. The molecule has 0 bridgehead atoms. The Morgan fingerprint density at radius 3 is 2.64 bits per heavy atom. The van der Waals surface area contributed by atoms with Gasteiger partial charge in [0.05, 0.1) is 13.7 Å². The van der Waals surface area contributed by atoms with E-state index in [-0.39, 0.29) is 11.4 Å². The van der Waals surface area contributed by atoms with Crippen molar-refractivity contribution in [1.82, 2.24) is 4.98 Å². The van der Waals surface area contributed by atoms with Crippen LogP contribution < -0.4 is 4.74 Å². The number of aryl methyl sites for hydroxylation is 1. The lowest BCUT2D eigenvalue weighted by molar-refractivity contribution is 0.144. The first-order valence-corrected chi connectivity index (χ1v) is 4.03. The number of aliphatic hydroxyl groups is 1. The van der Waals surface area contributed by atoms with Gasteiger partial charge in [-0.1, -0.05) is 0 Å². The Morgan fingerprint density at radius 1 is 1.57 bits per heavy atom. The summed E-state index contributed by atoms with van der Waals surface area (Å²) < 4.78 is 29.6. The number of ether oxygens (including phenoxy) is 1. The maximum atomic E-state index is 12.3. The van der Waals surface area contributed by atoms with E-state index in [1.165, 1.54) is 13.2 Å². The first-order chi connectivity index (χ1) is 6.60. The van der Waals surface area contributed by atoms with Crippen molar-refractivity contribution in [2.75, 3.05) is 7.11 Å². The number of halogens is 2. The molecule has 0 saturated heterocycles. The number of rotatable bonds is 3. The Balaban J connectivity index is 3.24. The summed E-state index contributed by atoms with van der Waals surface area (Å²) in [6.07, 6.45) is -2.63. The largest absolute Gasteiger partial charge is 0.494 e. The van der Waals surface area contributed by atoms with Crippen LogP contribution >= 0.6 is 0 Å². The highest BCUT2D eigenvalue weighted by atomic mass is 19.3.